The monoisotopic (exact) mass is 168 g/mol. The molecule has 0 aromatic rings. The maximum atomic E-state index is 9.17. The van der Waals surface area contributed by atoms with Crippen LogP contribution in [0.2, 0.25) is 0 Å². The molecule has 3 heterocycles. The van der Waals surface area contributed by atoms with Crippen LogP contribution >= 0.6 is 0 Å². The summed E-state index contributed by atoms with van der Waals surface area (Å²) in [5.41, 5.74) is 0.410. The fraction of sp³-hybridized carbons (Fsp3) is 1.00. The van der Waals surface area contributed by atoms with E-state index in [0.29, 0.717) is 18.3 Å². The first-order valence-electron chi connectivity index (χ1n) is 4.91. The fourth-order valence-corrected chi connectivity index (χ4v) is 3.38. The summed E-state index contributed by atoms with van der Waals surface area (Å²) in [6, 6.07) is 0.434. The molecule has 3 aliphatic rings. The van der Waals surface area contributed by atoms with Crippen molar-refractivity contribution in [3.63, 3.8) is 0 Å². The Labute approximate surface area is 73.0 Å². The van der Waals surface area contributed by atoms with Crippen LogP contribution < -0.4 is 0 Å². The molecule has 0 aromatic heterocycles. The van der Waals surface area contributed by atoms with Crippen LogP contribution in [-0.2, 0) is 0 Å². The van der Waals surface area contributed by atoms with E-state index in [9.17, 15) is 0 Å². The zero-order valence-corrected chi connectivity index (χ0v) is 7.53. The first-order valence-corrected chi connectivity index (χ1v) is 4.91. The van der Waals surface area contributed by atoms with Crippen LogP contribution in [0.4, 0.5) is 0 Å². The Balaban J connectivity index is 1.88. The molecule has 1 N–H and O–H groups in total. The largest absolute Gasteiger partial charge is 0.395 e. The number of nitrogens with zero attached hydrogens (tertiary/aromatic N) is 2. The van der Waals surface area contributed by atoms with E-state index in [0.717, 1.165) is 12.5 Å². The third kappa shape index (κ3) is 0.543. The van der Waals surface area contributed by atoms with E-state index in [-0.39, 0.29) is 0 Å². The van der Waals surface area contributed by atoms with Crippen LogP contribution in [0.25, 0.3) is 0 Å². The molecule has 3 unspecified atom stereocenters. The topological polar surface area (TPSA) is 26.7 Å². The van der Waals surface area contributed by atoms with Crippen LogP contribution in [0, 0.1) is 5.92 Å². The highest BCUT2D eigenvalue weighted by Gasteiger charge is 2.65. The number of hydrogen-bond donors (Lipinski definition) is 1. The quantitative estimate of drug-likeness (QED) is 0.583. The van der Waals surface area contributed by atoms with Crippen molar-refractivity contribution in [1.29, 1.82) is 0 Å². The lowest BCUT2D eigenvalue weighted by molar-refractivity contribution is -0.193. The van der Waals surface area contributed by atoms with Crippen molar-refractivity contribution in [2.24, 2.45) is 5.92 Å². The van der Waals surface area contributed by atoms with Gasteiger partial charge in [0.05, 0.1) is 12.3 Å². The van der Waals surface area contributed by atoms with Gasteiger partial charge in [0.2, 0.25) is 0 Å². The van der Waals surface area contributed by atoms with E-state index in [1.165, 1.54) is 19.5 Å². The van der Waals surface area contributed by atoms with Crippen LogP contribution in [0.15, 0.2) is 0 Å². The summed E-state index contributed by atoms with van der Waals surface area (Å²) in [4.78, 5) is 5.04. The van der Waals surface area contributed by atoms with Gasteiger partial charge in [-0.1, -0.05) is 6.92 Å². The number of hydrogen-bond acceptors (Lipinski definition) is 3. The number of rotatable bonds is 1. The van der Waals surface area contributed by atoms with Gasteiger partial charge in [0.1, 0.15) is 0 Å². The molecule has 0 saturated carbocycles. The molecule has 3 nitrogen and oxygen atoms in total. The van der Waals surface area contributed by atoms with Crippen LogP contribution in [-0.4, -0.2) is 52.9 Å². The Hall–Kier alpha value is -0.120. The van der Waals surface area contributed by atoms with E-state index in [2.05, 4.69) is 16.7 Å². The second kappa shape index (κ2) is 2.03. The maximum Gasteiger partial charge on any atom is 0.0793 e. The summed E-state index contributed by atoms with van der Waals surface area (Å²) in [6.45, 7) is 6.22. The van der Waals surface area contributed by atoms with Gasteiger partial charge in [0, 0.05) is 31.6 Å². The Kier molecular flexibility index (Phi) is 1.23. The zero-order chi connectivity index (χ0) is 8.34. The Morgan fingerprint density at radius 2 is 2.33 bits per heavy atom. The summed E-state index contributed by atoms with van der Waals surface area (Å²) in [7, 11) is 0. The fourth-order valence-electron chi connectivity index (χ4n) is 3.38. The van der Waals surface area contributed by atoms with E-state index in [1.807, 2.05) is 0 Å². The van der Waals surface area contributed by atoms with Crippen molar-refractivity contribution in [3.8, 4) is 0 Å². The van der Waals surface area contributed by atoms with Crippen molar-refractivity contribution in [3.05, 3.63) is 0 Å². The molecule has 3 heteroatoms. The second-order valence-electron chi connectivity index (χ2n) is 4.46. The third-order valence-electron chi connectivity index (χ3n) is 4.14. The number of aliphatic hydroxyl groups is 1. The van der Waals surface area contributed by atoms with Crippen molar-refractivity contribution in [2.45, 2.75) is 25.0 Å². The molecule has 68 valence electrons. The summed E-state index contributed by atoms with van der Waals surface area (Å²) >= 11 is 0. The van der Waals surface area contributed by atoms with E-state index < -0.39 is 0 Å². The Morgan fingerprint density at radius 1 is 1.50 bits per heavy atom. The standard InChI is InChI=1S/C9H16N2O/c1-7-4-11-8(6-12)5-10-3-2-9(7,10)11/h7-8,12H,2-6H2,1H3. The summed E-state index contributed by atoms with van der Waals surface area (Å²) in [5, 5.41) is 9.17. The highest BCUT2D eigenvalue weighted by molar-refractivity contribution is 5.17. The molecule has 1 spiro atoms. The molecular formula is C9H16N2O. The normalized spacial score (nSPS) is 52.5. The zero-order valence-electron chi connectivity index (χ0n) is 7.53. The predicted octanol–water partition coefficient (Wildman–Crippen LogP) is -0.285. The van der Waals surface area contributed by atoms with E-state index >= 15 is 0 Å². The maximum absolute atomic E-state index is 9.17. The predicted molar refractivity (Wildman–Crippen MR) is 45.7 cm³/mol. The van der Waals surface area contributed by atoms with Crippen molar-refractivity contribution < 1.29 is 5.11 Å². The minimum atomic E-state index is 0.338. The van der Waals surface area contributed by atoms with Crippen LogP contribution in [0.5, 0.6) is 0 Å². The van der Waals surface area contributed by atoms with E-state index in [1.54, 1.807) is 0 Å². The molecule has 0 aromatic carbocycles. The summed E-state index contributed by atoms with van der Waals surface area (Å²) in [6.07, 6.45) is 1.32. The Bertz CT molecular complexity index is 219. The molecule has 0 radical (unpaired) electrons. The van der Waals surface area contributed by atoms with Gasteiger partial charge in [-0.15, -0.1) is 0 Å². The molecule has 3 atom stereocenters. The first kappa shape index (κ1) is 7.30. The molecule has 3 rings (SSSR count). The van der Waals surface area contributed by atoms with Crippen molar-refractivity contribution >= 4 is 0 Å². The van der Waals surface area contributed by atoms with Gasteiger partial charge >= 0.3 is 0 Å². The van der Waals surface area contributed by atoms with Gasteiger partial charge in [-0.25, -0.2) is 0 Å². The van der Waals surface area contributed by atoms with Gasteiger partial charge in [0.25, 0.3) is 0 Å². The highest BCUT2D eigenvalue weighted by Crippen LogP contribution is 2.53. The SMILES string of the molecule is CC1CN2C(CO)CN3CCC132. The van der Waals surface area contributed by atoms with Gasteiger partial charge in [-0.3, -0.25) is 9.80 Å². The lowest BCUT2D eigenvalue weighted by Gasteiger charge is -2.64. The molecule has 3 fully saturated rings. The second-order valence-corrected chi connectivity index (χ2v) is 4.46. The molecular weight excluding hydrogens is 152 g/mol. The average Bonchev–Trinajstić information content (AvgIpc) is 2.16. The van der Waals surface area contributed by atoms with Crippen molar-refractivity contribution in [2.75, 3.05) is 26.2 Å². The van der Waals surface area contributed by atoms with Gasteiger partial charge < -0.3 is 5.11 Å². The first-order chi connectivity index (χ1) is 5.79. The lowest BCUT2D eigenvalue weighted by Crippen LogP contribution is -2.75. The molecule has 12 heavy (non-hydrogen) atoms. The molecule has 0 bridgehead atoms. The molecule has 3 aliphatic heterocycles. The van der Waals surface area contributed by atoms with Crippen LogP contribution in [0.1, 0.15) is 13.3 Å². The summed E-state index contributed by atoms with van der Waals surface area (Å²) in [5.74, 6) is 0.822. The average molecular weight is 168 g/mol. The van der Waals surface area contributed by atoms with Crippen LogP contribution in [0.3, 0.4) is 0 Å². The molecule has 0 aliphatic carbocycles. The number of aliphatic hydroxyl groups excluding tert-OH is 1. The van der Waals surface area contributed by atoms with Gasteiger partial charge in [0.15, 0.2) is 0 Å². The minimum Gasteiger partial charge on any atom is -0.395 e. The highest BCUT2D eigenvalue weighted by atomic mass is 16.3. The molecule has 0 amide bonds. The third-order valence-corrected chi connectivity index (χ3v) is 4.14. The van der Waals surface area contributed by atoms with E-state index in [4.69, 9.17) is 5.11 Å². The lowest BCUT2D eigenvalue weighted by atomic mass is 9.75. The molecule has 3 saturated heterocycles. The summed E-state index contributed by atoms with van der Waals surface area (Å²) < 4.78 is 0. The minimum absolute atomic E-state index is 0.338. The Morgan fingerprint density at radius 3 is 2.75 bits per heavy atom. The van der Waals surface area contributed by atoms with Gasteiger partial charge in [-0.2, -0.15) is 0 Å². The van der Waals surface area contributed by atoms with Gasteiger partial charge in [-0.05, 0) is 6.42 Å². The van der Waals surface area contributed by atoms with Crippen molar-refractivity contribution in [1.82, 2.24) is 9.80 Å². The smallest absolute Gasteiger partial charge is 0.0793 e.